The van der Waals surface area contributed by atoms with E-state index < -0.39 is 0 Å². The van der Waals surface area contributed by atoms with Gasteiger partial charge in [-0.15, -0.1) is 0 Å². The fourth-order valence-corrected chi connectivity index (χ4v) is 4.38. The van der Waals surface area contributed by atoms with Gasteiger partial charge < -0.3 is 5.32 Å². The first-order valence-corrected chi connectivity index (χ1v) is 10.7. The molecule has 4 aromatic rings. The van der Waals surface area contributed by atoms with Crippen LogP contribution in [-0.2, 0) is 0 Å². The lowest BCUT2D eigenvalue weighted by Crippen LogP contribution is -2.19. The Morgan fingerprint density at radius 1 is 0.966 bits per heavy atom. The van der Waals surface area contributed by atoms with E-state index in [4.69, 9.17) is 4.98 Å². The maximum absolute atomic E-state index is 4.87. The van der Waals surface area contributed by atoms with Crippen molar-refractivity contribution in [2.45, 2.75) is 25.8 Å². The highest BCUT2D eigenvalue weighted by Gasteiger charge is 2.25. The number of aromatic nitrogens is 2. The number of anilines is 1. The average molecular weight is 444 g/mol. The molecule has 0 saturated heterocycles. The zero-order chi connectivity index (χ0) is 20.0. The third-order valence-electron chi connectivity index (χ3n) is 5.52. The topological polar surface area (TPSA) is 29.9 Å². The predicted octanol–water partition coefficient (Wildman–Crippen LogP) is 6.98. The number of nitrogens with one attached hydrogen (secondary N) is 1. The van der Waals surface area contributed by atoms with Gasteiger partial charge in [0.05, 0.1) is 17.1 Å². The van der Waals surface area contributed by atoms with Crippen LogP contribution in [0.15, 0.2) is 83.3 Å². The highest BCUT2D eigenvalue weighted by molar-refractivity contribution is 9.10. The number of halogens is 1. The number of rotatable bonds is 3. The van der Waals surface area contributed by atoms with E-state index >= 15 is 0 Å². The van der Waals surface area contributed by atoms with Gasteiger partial charge in [-0.2, -0.15) is 0 Å². The van der Waals surface area contributed by atoms with Gasteiger partial charge in [0.2, 0.25) is 5.95 Å². The van der Waals surface area contributed by atoms with Crippen LogP contribution in [0.2, 0.25) is 0 Å². The summed E-state index contributed by atoms with van der Waals surface area (Å²) in [7, 11) is 0. The summed E-state index contributed by atoms with van der Waals surface area (Å²) in [5, 5.41) is 3.57. The van der Waals surface area contributed by atoms with Crippen molar-refractivity contribution in [3.05, 3.63) is 100 Å². The quantitative estimate of drug-likeness (QED) is 0.370. The summed E-state index contributed by atoms with van der Waals surface area (Å²) in [6.45, 7) is 4.44. The minimum atomic E-state index is 0.0657. The van der Waals surface area contributed by atoms with Crippen molar-refractivity contribution in [2.75, 3.05) is 5.32 Å². The van der Waals surface area contributed by atoms with Gasteiger partial charge in [0.15, 0.2) is 0 Å². The van der Waals surface area contributed by atoms with E-state index in [2.05, 4.69) is 112 Å². The number of nitrogens with zero attached hydrogens (tertiary/aromatic N) is 2. The Morgan fingerprint density at radius 2 is 1.76 bits per heavy atom. The average Bonchev–Trinajstić information content (AvgIpc) is 3.11. The molecule has 0 saturated carbocycles. The van der Waals surface area contributed by atoms with E-state index in [1.807, 2.05) is 6.07 Å². The molecule has 0 radical (unpaired) electrons. The van der Waals surface area contributed by atoms with Crippen molar-refractivity contribution in [1.82, 2.24) is 9.55 Å². The Labute approximate surface area is 179 Å². The molecular weight excluding hydrogens is 422 g/mol. The second-order valence-corrected chi connectivity index (χ2v) is 8.69. The molecule has 1 unspecified atom stereocenters. The molecule has 29 heavy (non-hydrogen) atoms. The minimum absolute atomic E-state index is 0.0657. The minimum Gasteiger partial charge on any atom is -0.325 e. The van der Waals surface area contributed by atoms with E-state index in [9.17, 15) is 0 Å². The SMILES string of the molecule is CC(C)c1ccc(C2=CC(c3cccc(Br)c3)n3c(nc4ccccc43)N2)cc1. The van der Waals surface area contributed by atoms with Crippen LogP contribution < -0.4 is 5.32 Å². The molecule has 0 aliphatic carbocycles. The summed E-state index contributed by atoms with van der Waals surface area (Å²) < 4.78 is 3.36. The number of benzene rings is 3. The molecule has 1 N–H and O–H groups in total. The van der Waals surface area contributed by atoms with Gasteiger partial charge in [-0.3, -0.25) is 4.57 Å². The van der Waals surface area contributed by atoms with Crippen LogP contribution in [0.1, 0.15) is 42.5 Å². The molecule has 1 aliphatic heterocycles. The zero-order valence-electron chi connectivity index (χ0n) is 16.4. The zero-order valence-corrected chi connectivity index (χ0v) is 18.0. The summed E-state index contributed by atoms with van der Waals surface area (Å²) in [5.74, 6) is 1.40. The maximum Gasteiger partial charge on any atom is 0.209 e. The first-order valence-electron chi connectivity index (χ1n) is 9.92. The first-order chi connectivity index (χ1) is 14.1. The molecule has 0 spiro atoms. The third kappa shape index (κ3) is 3.28. The van der Waals surface area contributed by atoms with E-state index in [1.54, 1.807) is 0 Å². The number of para-hydroxylation sites is 2. The lowest BCUT2D eigenvalue weighted by Gasteiger charge is -2.27. The molecule has 2 heterocycles. The number of imidazole rings is 1. The molecule has 0 bridgehead atoms. The number of hydrogen-bond donors (Lipinski definition) is 1. The molecule has 3 nitrogen and oxygen atoms in total. The van der Waals surface area contributed by atoms with Crippen LogP contribution in [0, 0.1) is 0 Å². The smallest absolute Gasteiger partial charge is 0.209 e. The molecule has 0 amide bonds. The first kappa shape index (κ1) is 18.2. The second-order valence-electron chi connectivity index (χ2n) is 7.78. The molecule has 1 aromatic heterocycles. The molecule has 1 aliphatic rings. The lowest BCUT2D eigenvalue weighted by molar-refractivity contribution is 0.720. The van der Waals surface area contributed by atoms with Crippen molar-refractivity contribution in [3.8, 4) is 0 Å². The van der Waals surface area contributed by atoms with Crippen LogP contribution in [0.5, 0.6) is 0 Å². The number of allylic oxidation sites excluding steroid dienone is 1. The third-order valence-corrected chi connectivity index (χ3v) is 6.02. The lowest BCUT2D eigenvalue weighted by atomic mass is 9.98. The van der Waals surface area contributed by atoms with Gasteiger partial charge >= 0.3 is 0 Å². The van der Waals surface area contributed by atoms with Crippen molar-refractivity contribution in [1.29, 1.82) is 0 Å². The monoisotopic (exact) mass is 443 g/mol. The molecule has 3 aromatic carbocycles. The van der Waals surface area contributed by atoms with Crippen LogP contribution in [0.4, 0.5) is 5.95 Å². The van der Waals surface area contributed by atoms with Crippen molar-refractivity contribution < 1.29 is 0 Å². The van der Waals surface area contributed by atoms with Crippen LogP contribution in [0.3, 0.4) is 0 Å². The van der Waals surface area contributed by atoms with Crippen molar-refractivity contribution in [3.63, 3.8) is 0 Å². The van der Waals surface area contributed by atoms with Gasteiger partial charge in [0, 0.05) is 10.2 Å². The van der Waals surface area contributed by atoms with E-state index in [0.29, 0.717) is 5.92 Å². The summed E-state index contributed by atoms with van der Waals surface area (Å²) in [6, 6.07) is 25.7. The largest absolute Gasteiger partial charge is 0.325 e. The standard InChI is InChI=1S/C25H22BrN3/c1-16(2)17-10-12-18(13-11-17)22-15-24(19-6-5-7-20(26)14-19)29-23-9-4-3-8-21(23)27-25(29)28-22/h3-16,24H,1-2H3,(H,27,28). The molecule has 5 rings (SSSR count). The number of hydrogen-bond acceptors (Lipinski definition) is 2. The van der Waals surface area contributed by atoms with Gasteiger partial charge in [-0.1, -0.05) is 78.3 Å². The summed E-state index contributed by atoms with van der Waals surface area (Å²) >= 11 is 3.63. The van der Waals surface area contributed by atoms with E-state index in [-0.39, 0.29) is 6.04 Å². The fourth-order valence-electron chi connectivity index (χ4n) is 3.96. The van der Waals surface area contributed by atoms with Gasteiger partial charge in [0.25, 0.3) is 0 Å². The van der Waals surface area contributed by atoms with Gasteiger partial charge in [-0.05, 0) is 52.9 Å². The molecule has 144 valence electrons. The fraction of sp³-hybridized carbons (Fsp3) is 0.160. The Bertz CT molecular complexity index is 1220. The Hall–Kier alpha value is -2.85. The normalized spacial score (nSPS) is 15.9. The summed E-state index contributed by atoms with van der Waals surface area (Å²) in [4.78, 5) is 4.87. The highest BCUT2D eigenvalue weighted by Crippen LogP contribution is 2.37. The van der Waals surface area contributed by atoms with Crippen molar-refractivity contribution >= 4 is 38.6 Å². The van der Waals surface area contributed by atoms with E-state index in [0.717, 1.165) is 27.2 Å². The molecular formula is C25H22BrN3. The Morgan fingerprint density at radius 3 is 2.52 bits per heavy atom. The predicted molar refractivity (Wildman–Crippen MR) is 124 cm³/mol. The number of fused-ring (bicyclic) bond motifs is 3. The molecule has 0 fully saturated rings. The van der Waals surface area contributed by atoms with E-state index in [1.165, 1.54) is 16.7 Å². The van der Waals surface area contributed by atoms with Crippen molar-refractivity contribution in [2.24, 2.45) is 0 Å². The van der Waals surface area contributed by atoms with Gasteiger partial charge in [0.1, 0.15) is 0 Å². The Kier molecular flexibility index (Phi) is 4.51. The van der Waals surface area contributed by atoms with Crippen LogP contribution in [-0.4, -0.2) is 9.55 Å². The molecule has 1 atom stereocenters. The highest BCUT2D eigenvalue weighted by atomic mass is 79.9. The maximum atomic E-state index is 4.87. The Balaban J connectivity index is 1.67. The van der Waals surface area contributed by atoms with Crippen LogP contribution in [0.25, 0.3) is 16.7 Å². The molecule has 4 heteroatoms. The second kappa shape index (κ2) is 7.20. The summed E-state index contributed by atoms with van der Waals surface area (Å²) in [5.41, 5.74) is 6.97. The summed E-state index contributed by atoms with van der Waals surface area (Å²) in [6.07, 6.45) is 2.30. The van der Waals surface area contributed by atoms with Gasteiger partial charge in [-0.25, -0.2) is 4.98 Å². The van der Waals surface area contributed by atoms with Crippen LogP contribution >= 0.6 is 15.9 Å².